The van der Waals surface area contributed by atoms with Gasteiger partial charge in [-0.2, -0.15) is 0 Å². The van der Waals surface area contributed by atoms with Crippen LogP contribution in [0.25, 0.3) is 0 Å². The SMILES string of the molecule is C1=NC=C(CNCC2(N3CCN(Cc4ccccc4)CC3)CC2)CC1. The maximum absolute atomic E-state index is 4.28. The zero-order valence-corrected chi connectivity index (χ0v) is 15.2. The van der Waals surface area contributed by atoms with E-state index >= 15 is 0 Å². The number of benzene rings is 1. The standard InChI is InChI=1S/C21H30N4/c1-2-5-19(6-3-1)17-24-11-13-25(14-12-24)21(8-9-21)18-23-16-20-7-4-10-22-15-20/h1-3,5-6,10,15,23H,4,7-9,11-14,16-18H2. The first-order valence-electron chi connectivity index (χ1n) is 9.76. The van der Waals surface area contributed by atoms with Crippen molar-refractivity contribution < 1.29 is 0 Å². The van der Waals surface area contributed by atoms with Crippen molar-refractivity contribution in [1.82, 2.24) is 15.1 Å². The van der Waals surface area contributed by atoms with Gasteiger partial charge in [0.05, 0.1) is 0 Å². The van der Waals surface area contributed by atoms with Crippen LogP contribution in [0.4, 0.5) is 0 Å². The lowest BCUT2D eigenvalue weighted by Gasteiger charge is -2.40. The third-order valence-electron chi connectivity index (χ3n) is 5.88. The minimum atomic E-state index is 0.442. The third-order valence-corrected chi connectivity index (χ3v) is 5.88. The zero-order valence-electron chi connectivity index (χ0n) is 15.2. The molecule has 0 spiro atoms. The Bertz CT molecular complexity index is 610. The molecule has 2 fully saturated rings. The molecule has 1 aromatic carbocycles. The molecule has 1 N–H and O–H groups in total. The Kier molecular flexibility index (Phi) is 5.30. The summed E-state index contributed by atoms with van der Waals surface area (Å²) in [5.74, 6) is 0. The number of hydrogen-bond acceptors (Lipinski definition) is 4. The molecule has 3 aliphatic rings. The Balaban J connectivity index is 1.22. The second-order valence-corrected chi connectivity index (χ2v) is 7.73. The maximum atomic E-state index is 4.28. The average molecular weight is 338 g/mol. The molecule has 25 heavy (non-hydrogen) atoms. The van der Waals surface area contributed by atoms with Gasteiger partial charge in [-0.3, -0.25) is 14.8 Å². The van der Waals surface area contributed by atoms with Crippen LogP contribution in [0.1, 0.15) is 31.2 Å². The van der Waals surface area contributed by atoms with Gasteiger partial charge in [0.25, 0.3) is 0 Å². The summed E-state index contributed by atoms with van der Waals surface area (Å²) in [5.41, 5.74) is 3.32. The Labute approximate surface area is 151 Å². The molecule has 4 rings (SSSR count). The summed E-state index contributed by atoms with van der Waals surface area (Å²) in [4.78, 5) is 9.62. The Morgan fingerprint density at radius 2 is 1.84 bits per heavy atom. The van der Waals surface area contributed by atoms with E-state index in [0.717, 1.165) is 26.1 Å². The fraction of sp³-hybridized carbons (Fsp3) is 0.571. The number of rotatable bonds is 7. The van der Waals surface area contributed by atoms with Gasteiger partial charge in [0.1, 0.15) is 0 Å². The largest absolute Gasteiger partial charge is 0.311 e. The van der Waals surface area contributed by atoms with Crippen molar-refractivity contribution in [1.29, 1.82) is 0 Å². The van der Waals surface area contributed by atoms with Crippen LogP contribution in [0.2, 0.25) is 0 Å². The highest BCUT2D eigenvalue weighted by molar-refractivity contribution is 5.60. The molecule has 4 heteroatoms. The van der Waals surface area contributed by atoms with Gasteiger partial charge >= 0.3 is 0 Å². The molecule has 1 saturated heterocycles. The molecule has 134 valence electrons. The Hall–Kier alpha value is -1.49. The summed E-state index contributed by atoms with van der Waals surface area (Å²) in [5, 5.41) is 3.71. The highest BCUT2D eigenvalue weighted by atomic mass is 15.3. The van der Waals surface area contributed by atoms with Crippen molar-refractivity contribution >= 4 is 6.21 Å². The highest BCUT2D eigenvalue weighted by Gasteiger charge is 2.47. The zero-order chi connectivity index (χ0) is 17.0. The summed E-state index contributed by atoms with van der Waals surface area (Å²) < 4.78 is 0. The van der Waals surface area contributed by atoms with E-state index in [1.807, 2.05) is 12.4 Å². The van der Waals surface area contributed by atoms with E-state index in [1.165, 1.54) is 56.6 Å². The minimum absolute atomic E-state index is 0.442. The predicted octanol–water partition coefficient (Wildman–Crippen LogP) is 2.67. The van der Waals surface area contributed by atoms with E-state index in [2.05, 4.69) is 50.4 Å². The quantitative estimate of drug-likeness (QED) is 0.829. The fourth-order valence-electron chi connectivity index (χ4n) is 4.11. The number of piperazine rings is 1. The molecule has 0 atom stereocenters. The van der Waals surface area contributed by atoms with Gasteiger partial charge in [0.15, 0.2) is 0 Å². The van der Waals surface area contributed by atoms with Gasteiger partial charge in [-0.05, 0) is 36.8 Å². The molecule has 0 unspecified atom stereocenters. The van der Waals surface area contributed by atoms with Crippen LogP contribution >= 0.6 is 0 Å². The molecule has 2 aliphatic heterocycles. The molecule has 0 bridgehead atoms. The molecule has 0 radical (unpaired) electrons. The molecule has 0 aromatic heterocycles. The molecule has 1 aromatic rings. The summed E-state index contributed by atoms with van der Waals surface area (Å²) in [6.07, 6.45) is 9.04. The fourth-order valence-corrected chi connectivity index (χ4v) is 4.11. The summed E-state index contributed by atoms with van der Waals surface area (Å²) in [6.45, 7) is 8.03. The summed E-state index contributed by atoms with van der Waals surface area (Å²) >= 11 is 0. The van der Waals surface area contributed by atoms with Crippen molar-refractivity contribution in [3.63, 3.8) is 0 Å². The first-order chi connectivity index (χ1) is 12.3. The topological polar surface area (TPSA) is 30.9 Å². The van der Waals surface area contributed by atoms with Crippen molar-refractivity contribution in [2.24, 2.45) is 4.99 Å². The van der Waals surface area contributed by atoms with Gasteiger partial charge in [0.2, 0.25) is 0 Å². The molecule has 1 aliphatic carbocycles. The first kappa shape index (κ1) is 17.0. The molecule has 0 amide bonds. The van der Waals surface area contributed by atoms with Crippen LogP contribution in [0.3, 0.4) is 0 Å². The summed E-state index contributed by atoms with van der Waals surface area (Å²) in [6, 6.07) is 10.9. The number of hydrogen-bond donors (Lipinski definition) is 1. The van der Waals surface area contributed by atoms with Crippen LogP contribution < -0.4 is 5.32 Å². The minimum Gasteiger partial charge on any atom is -0.311 e. The number of nitrogens with one attached hydrogen (secondary N) is 1. The third kappa shape index (κ3) is 4.38. The van der Waals surface area contributed by atoms with Gasteiger partial charge in [-0.15, -0.1) is 0 Å². The second kappa shape index (κ2) is 7.81. The molecular formula is C21H30N4. The first-order valence-corrected chi connectivity index (χ1v) is 9.76. The van der Waals surface area contributed by atoms with Gasteiger partial charge in [-0.1, -0.05) is 30.3 Å². The van der Waals surface area contributed by atoms with Crippen LogP contribution in [0.5, 0.6) is 0 Å². The highest BCUT2D eigenvalue weighted by Crippen LogP contribution is 2.41. The lowest BCUT2D eigenvalue weighted by molar-refractivity contribution is 0.0805. The van der Waals surface area contributed by atoms with E-state index in [1.54, 1.807) is 0 Å². The summed E-state index contributed by atoms with van der Waals surface area (Å²) in [7, 11) is 0. The molecular weight excluding hydrogens is 308 g/mol. The van der Waals surface area contributed by atoms with Crippen molar-refractivity contribution in [2.45, 2.75) is 37.8 Å². The predicted molar refractivity (Wildman–Crippen MR) is 104 cm³/mol. The second-order valence-electron chi connectivity index (χ2n) is 7.73. The van der Waals surface area contributed by atoms with Crippen LogP contribution in [-0.4, -0.2) is 60.8 Å². The number of nitrogens with zero attached hydrogens (tertiary/aromatic N) is 3. The molecule has 1 saturated carbocycles. The maximum Gasteiger partial charge on any atom is 0.0336 e. The Morgan fingerprint density at radius 1 is 1.04 bits per heavy atom. The normalized spacial score (nSPS) is 23.4. The Morgan fingerprint density at radius 3 is 2.52 bits per heavy atom. The van der Waals surface area contributed by atoms with Crippen molar-refractivity contribution in [3.05, 3.63) is 47.7 Å². The molecule has 2 heterocycles. The van der Waals surface area contributed by atoms with Crippen LogP contribution in [-0.2, 0) is 6.54 Å². The van der Waals surface area contributed by atoms with Gasteiger partial charge in [0, 0.05) is 63.8 Å². The smallest absolute Gasteiger partial charge is 0.0336 e. The molecule has 4 nitrogen and oxygen atoms in total. The number of aliphatic imine (C=N–C) groups is 1. The monoisotopic (exact) mass is 338 g/mol. The van der Waals surface area contributed by atoms with Crippen LogP contribution in [0, 0.1) is 0 Å². The lowest BCUT2D eigenvalue weighted by Crippen LogP contribution is -2.54. The van der Waals surface area contributed by atoms with E-state index in [-0.39, 0.29) is 0 Å². The lowest BCUT2D eigenvalue weighted by atomic mass is 10.1. The average Bonchev–Trinajstić information content (AvgIpc) is 3.45. The van der Waals surface area contributed by atoms with E-state index in [0.29, 0.717) is 5.54 Å². The van der Waals surface area contributed by atoms with E-state index in [4.69, 9.17) is 0 Å². The van der Waals surface area contributed by atoms with Crippen molar-refractivity contribution in [3.8, 4) is 0 Å². The van der Waals surface area contributed by atoms with Crippen LogP contribution in [0.15, 0.2) is 47.1 Å². The van der Waals surface area contributed by atoms with E-state index in [9.17, 15) is 0 Å². The van der Waals surface area contributed by atoms with Crippen molar-refractivity contribution in [2.75, 3.05) is 39.3 Å². The van der Waals surface area contributed by atoms with E-state index < -0.39 is 0 Å². The van der Waals surface area contributed by atoms with Gasteiger partial charge in [-0.25, -0.2) is 0 Å². The van der Waals surface area contributed by atoms with Gasteiger partial charge < -0.3 is 5.32 Å².